The number of benzene rings is 2. The number of fused-ring (bicyclic) bond motifs is 2. The molecule has 4 heterocycles. The largest absolute Gasteiger partial charge is 0.464 e. The zero-order chi connectivity index (χ0) is 32.4. The number of carbonyl (C=O) groups excluding carboxylic acids is 2. The van der Waals surface area contributed by atoms with Crippen molar-refractivity contribution >= 4 is 36.8 Å². The maximum atomic E-state index is 14.1. The molecule has 0 radical (unpaired) electrons. The number of anilines is 1. The SMILES string of the molecule is CC(Cc1cc(-c2ccco2)c2c(cnn2COCC[Si](C)(C)C)c1)OC(=O)N1CCC(N2Cc3cccc(F)c3NC2=O)CC1. The van der Waals surface area contributed by atoms with Crippen LogP contribution in [0.1, 0.15) is 30.9 Å². The number of carbonyl (C=O) groups is 2. The first kappa shape index (κ1) is 31.8. The lowest BCUT2D eigenvalue weighted by molar-refractivity contribution is 0.0541. The maximum Gasteiger partial charge on any atom is 0.410 e. The molecule has 2 aliphatic rings. The van der Waals surface area contributed by atoms with Crippen molar-refractivity contribution in [2.75, 3.05) is 25.0 Å². The highest BCUT2D eigenvalue weighted by atomic mass is 28.3. The Morgan fingerprint density at radius 1 is 1.17 bits per heavy atom. The Hall–Kier alpha value is -4.16. The topological polar surface area (TPSA) is 102 Å². The fraction of sp³-hybridized carbons (Fsp3) is 0.441. The molecule has 1 fully saturated rings. The number of furan rings is 1. The van der Waals surface area contributed by atoms with E-state index in [9.17, 15) is 14.0 Å². The van der Waals surface area contributed by atoms with Crippen LogP contribution in [0.5, 0.6) is 0 Å². The van der Waals surface area contributed by atoms with Crippen LogP contribution in [0.4, 0.5) is 19.7 Å². The number of hydrogen-bond acceptors (Lipinski definition) is 6. The van der Waals surface area contributed by atoms with E-state index >= 15 is 0 Å². The van der Waals surface area contributed by atoms with Gasteiger partial charge in [0.1, 0.15) is 24.4 Å². The van der Waals surface area contributed by atoms with Gasteiger partial charge in [0.2, 0.25) is 0 Å². The molecule has 0 saturated carbocycles. The first-order valence-electron chi connectivity index (χ1n) is 16.0. The van der Waals surface area contributed by atoms with Crippen LogP contribution in [0.3, 0.4) is 0 Å². The summed E-state index contributed by atoms with van der Waals surface area (Å²) in [5.41, 5.74) is 3.86. The number of piperidine rings is 1. The second kappa shape index (κ2) is 13.3. The van der Waals surface area contributed by atoms with Crippen LogP contribution in [-0.4, -0.2) is 71.6 Å². The van der Waals surface area contributed by atoms with E-state index in [-0.39, 0.29) is 30.0 Å². The number of para-hydroxylation sites is 1. The molecule has 1 unspecified atom stereocenters. The van der Waals surface area contributed by atoms with Crippen LogP contribution in [0.25, 0.3) is 22.2 Å². The molecule has 3 amide bonds. The van der Waals surface area contributed by atoms with Crippen LogP contribution < -0.4 is 5.32 Å². The Balaban J connectivity index is 1.06. The minimum atomic E-state index is -1.19. The maximum absolute atomic E-state index is 14.1. The molecule has 4 aromatic rings. The Morgan fingerprint density at radius 3 is 2.72 bits per heavy atom. The summed E-state index contributed by atoms with van der Waals surface area (Å²) in [5.74, 6) is 0.307. The quantitative estimate of drug-likeness (QED) is 0.143. The van der Waals surface area contributed by atoms with E-state index in [1.54, 1.807) is 22.1 Å². The Labute approximate surface area is 269 Å². The van der Waals surface area contributed by atoms with Crippen LogP contribution in [0, 0.1) is 5.82 Å². The molecule has 46 heavy (non-hydrogen) atoms. The predicted molar refractivity (Wildman–Crippen MR) is 177 cm³/mol. The van der Waals surface area contributed by atoms with Crippen LogP contribution in [0.15, 0.2) is 59.3 Å². The van der Waals surface area contributed by atoms with Gasteiger partial charge < -0.3 is 29.0 Å². The van der Waals surface area contributed by atoms with Gasteiger partial charge in [-0.25, -0.2) is 18.7 Å². The van der Waals surface area contributed by atoms with Gasteiger partial charge in [0.05, 0.1) is 23.7 Å². The number of halogens is 1. The summed E-state index contributed by atoms with van der Waals surface area (Å²) in [6.45, 7) is 11.3. The summed E-state index contributed by atoms with van der Waals surface area (Å²) in [4.78, 5) is 29.3. The summed E-state index contributed by atoms with van der Waals surface area (Å²) in [7, 11) is -1.19. The molecule has 12 heteroatoms. The fourth-order valence-electron chi connectivity index (χ4n) is 6.21. The van der Waals surface area contributed by atoms with Crippen molar-refractivity contribution in [1.82, 2.24) is 19.6 Å². The summed E-state index contributed by atoms with van der Waals surface area (Å²) in [5, 5.41) is 8.27. The van der Waals surface area contributed by atoms with E-state index in [4.69, 9.17) is 13.9 Å². The van der Waals surface area contributed by atoms with Crippen molar-refractivity contribution in [3.63, 3.8) is 0 Å². The zero-order valence-corrected chi connectivity index (χ0v) is 27.9. The molecule has 1 N–H and O–H groups in total. The minimum Gasteiger partial charge on any atom is -0.464 e. The highest BCUT2D eigenvalue weighted by Gasteiger charge is 2.34. The monoisotopic (exact) mass is 647 g/mol. The lowest BCUT2D eigenvalue weighted by Gasteiger charge is -2.40. The second-order valence-electron chi connectivity index (χ2n) is 13.5. The van der Waals surface area contributed by atoms with Gasteiger partial charge in [-0.15, -0.1) is 0 Å². The van der Waals surface area contributed by atoms with E-state index in [0.717, 1.165) is 39.4 Å². The summed E-state index contributed by atoms with van der Waals surface area (Å²) >= 11 is 0. The summed E-state index contributed by atoms with van der Waals surface area (Å²) in [6, 6.07) is 13.5. The molecule has 0 aliphatic carbocycles. The number of nitrogens with zero attached hydrogens (tertiary/aromatic N) is 4. The van der Waals surface area contributed by atoms with Gasteiger partial charge in [0.25, 0.3) is 0 Å². The number of aromatic nitrogens is 2. The third-order valence-corrected chi connectivity index (χ3v) is 10.4. The molecule has 0 spiro atoms. The minimum absolute atomic E-state index is 0.0451. The second-order valence-corrected chi connectivity index (χ2v) is 19.1. The van der Waals surface area contributed by atoms with E-state index < -0.39 is 13.9 Å². The zero-order valence-electron chi connectivity index (χ0n) is 26.9. The number of nitrogens with one attached hydrogen (secondary N) is 1. The first-order valence-corrected chi connectivity index (χ1v) is 19.7. The normalized spacial score (nSPS) is 16.4. The molecule has 1 saturated heterocycles. The first-order chi connectivity index (χ1) is 22.1. The number of likely N-dealkylation sites (tertiary alicyclic amines) is 1. The van der Waals surface area contributed by atoms with Gasteiger partial charge in [0, 0.05) is 57.7 Å². The molecule has 1 atom stereocenters. The van der Waals surface area contributed by atoms with Gasteiger partial charge >= 0.3 is 12.1 Å². The van der Waals surface area contributed by atoms with Crippen molar-refractivity contribution in [3.05, 3.63) is 71.9 Å². The number of rotatable bonds is 10. The number of ether oxygens (including phenoxy) is 2. The van der Waals surface area contributed by atoms with Crippen molar-refractivity contribution in [3.8, 4) is 11.3 Å². The highest BCUT2D eigenvalue weighted by molar-refractivity contribution is 6.76. The average Bonchev–Trinajstić information content (AvgIpc) is 3.70. The molecule has 10 nitrogen and oxygen atoms in total. The number of urea groups is 1. The standard InChI is InChI=1S/C34H42FN5O5Si/c1-23(45-34(42)38-12-10-27(11-13-38)39-21-25-7-5-8-29(35)31(25)37-33(39)41)17-24-18-26-20-36-40(22-43-15-16-46(2,3)4)32(26)28(19-24)30-9-6-14-44-30/h5-9,14,18-20,23,27H,10-13,15-17,21-22H2,1-4H3,(H,37,41). The van der Waals surface area contributed by atoms with Crippen molar-refractivity contribution in [2.24, 2.45) is 0 Å². The van der Waals surface area contributed by atoms with E-state index in [2.05, 4.69) is 42.2 Å². The van der Waals surface area contributed by atoms with E-state index in [1.807, 2.05) is 36.0 Å². The molecule has 2 aromatic carbocycles. The predicted octanol–water partition coefficient (Wildman–Crippen LogP) is 7.33. The third-order valence-electron chi connectivity index (χ3n) is 8.71. The van der Waals surface area contributed by atoms with Crippen molar-refractivity contribution in [2.45, 2.75) is 77.3 Å². The average molecular weight is 648 g/mol. The van der Waals surface area contributed by atoms with Crippen LogP contribution in [-0.2, 0) is 29.2 Å². The Morgan fingerprint density at radius 2 is 1.98 bits per heavy atom. The molecular formula is C34H42FN5O5Si. The van der Waals surface area contributed by atoms with Gasteiger partial charge in [-0.3, -0.25) is 0 Å². The van der Waals surface area contributed by atoms with Crippen LogP contribution >= 0.6 is 0 Å². The van der Waals surface area contributed by atoms with E-state index in [1.165, 1.54) is 6.07 Å². The van der Waals surface area contributed by atoms with Crippen LogP contribution in [0.2, 0.25) is 25.7 Å². The van der Waals surface area contributed by atoms with Gasteiger partial charge in [0.15, 0.2) is 0 Å². The van der Waals surface area contributed by atoms with E-state index in [0.29, 0.717) is 52.2 Å². The number of amides is 3. The summed E-state index contributed by atoms with van der Waals surface area (Å²) < 4.78 is 33.7. The lowest BCUT2D eigenvalue weighted by atomic mass is 10.0. The molecule has 2 aliphatic heterocycles. The Kier molecular flexibility index (Phi) is 9.19. The third kappa shape index (κ3) is 7.12. The lowest BCUT2D eigenvalue weighted by Crippen LogP contribution is -2.51. The molecule has 6 rings (SSSR count). The molecule has 0 bridgehead atoms. The Bertz CT molecular complexity index is 1690. The van der Waals surface area contributed by atoms with Gasteiger partial charge in [-0.2, -0.15) is 5.10 Å². The smallest absolute Gasteiger partial charge is 0.410 e. The van der Waals surface area contributed by atoms with Gasteiger partial charge in [-0.05, 0) is 67.3 Å². The number of hydrogen-bond donors (Lipinski definition) is 1. The molecule has 244 valence electrons. The summed E-state index contributed by atoms with van der Waals surface area (Å²) in [6.07, 6.45) is 4.53. The highest BCUT2D eigenvalue weighted by Crippen LogP contribution is 2.32. The van der Waals surface area contributed by atoms with Crippen molar-refractivity contribution in [1.29, 1.82) is 0 Å². The fourth-order valence-corrected chi connectivity index (χ4v) is 6.97. The molecular weight excluding hydrogens is 605 g/mol. The molecule has 2 aromatic heterocycles. The van der Waals surface area contributed by atoms with Gasteiger partial charge in [-0.1, -0.05) is 31.8 Å². The van der Waals surface area contributed by atoms with Crippen molar-refractivity contribution < 1.29 is 27.9 Å².